The Morgan fingerprint density at radius 1 is 1.13 bits per heavy atom. The molecule has 2 aromatic rings. The minimum Gasteiger partial charge on any atom is -0.452 e. The molecule has 0 aliphatic carbocycles. The molecule has 0 aromatic heterocycles. The lowest BCUT2D eigenvalue weighted by Crippen LogP contribution is -2.35. The number of imide groups is 1. The first-order valence-corrected chi connectivity index (χ1v) is 11.4. The van der Waals surface area contributed by atoms with Crippen molar-refractivity contribution < 1.29 is 27.5 Å². The number of hydrogen-bond acceptors (Lipinski definition) is 6. The number of benzene rings is 2. The fourth-order valence-electron chi connectivity index (χ4n) is 3.41. The highest BCUT2D eigenvalue weighted by molar-refractivity contribution is 7.92. The molecule has 1 aliphatic heterocycles. The fourth-order valence-corrected chi connectivity index (χ4v) is 5.14. The molecule has 0 saturated carbocycles. The van der Waals surface area contributed by atoms with Gasteiger partial charge in [0.1, 0.15) is 0 Å². The summed E-state index contributed by atoms with van der Waals surface area (Å²) in [6, 6.07) is 12.9. The molecule has 1 fully saturated rings. The molecule has 1 aliphatic rings. The normalized spacial score (nSPS) is 13.9. The van der Waals surface area contributed by atoms with Gasteiger partial charge in [-0.2, -0.15) is 0 Å². The number of likely N-dealkylation sites (tertiary alicyclic amines) is 1. The summed E-state index contributed by atoms with van der Waals surface area (Å²) in [6.07, 6.45) is 0.890. The highest BCUT2D eigenvalue weighted by Crippen LogP contribution is 2.26. The Bertz CT molecular complexity index is 1100. The summed E-state index contributed by atoms with van der Waals surface area (Å²) in [5.74, 6) is -1.71. The highest BCUT2D eigenvalue weighted by atomic mass is 32.2. The zero-order valence-electron chi connectivity index (χ0n) is 17.4. The van der Waals surface area contributed by atoms with E-state index in [1.165, 1.54) is 22.5 Å². The van der Waals surface area contributed by atoms with E-state index >= 15 is 0 Å². The van der Waals surface area contributed by atoms with Crippen molar-refractivity contribution in [2.24, 2.45) is 0 Å². The van der Waals surface area contributed by atoms with Gasteiger partial charge in [0.15, 0.2) is 6.61 Å². The van der Waals surface area contributed by atoms with Crippen LogP contribution in [0.1, 0.15) is 35.7 Å². The van der Waals surface area contributed by atoms with E-state index in [1.807, 2.05) is 0 Å². The third kappa shape index (κ3) is 4.77. The van der Waals surface area contributed by atoms with Crippen molar-refractivity contribution in [3.05, 3.63) is 59.7 Å². The predicted octanol–water partition coefficient (Wildman–Crippen LogP) is 2.52. The average molecular weight is 445 g/mol. The van der Waals surface area contributed by atoms with Crippen molar-refractivity contribution in [1.29, 1.82) is 0 Å². The number of hydrogen-bond donors (Lipinski definition) is 0. The van der Waals surface area contributed by atoms with Gasteiger partial charge in [-0.05, 0) is 50.1 Å². The average Bonchev–Trinajstić information content (AvgIpc) is 3.19. The molecular weight excluding hydrogens is 420 g/mol. The van der Waals surface area contributed by atoms with Crippen molar-refractivity contribution in [1.82, 2.24) is 4.90 Å². The van der Waals surface area contributed by atoms with E-state index < -0.39 is 28.5 Å². The number of rotatable bonds is 7. The summed E-state index contributed by atoms with van der Waals surface area (Å²) in [5.41, 5.74) is 0.997. The maximum atomic E-state index is 13.3. The van der Waals surface area contributed by atoms with E-state index in [2.05, 4.69) is 0 Å². The molecule has 164 valence electrons. The van der Waals surface area contributed by atoms with Crippen LogP contribution in [0.5, 0.6) is 0 Å². The summed E-state index contributed by atoms with van der Waals surface area (Å²) in [4.78, 5) is 37.2. The molecule has 0 bridgehead atoms. The van der Waals surface area contributed by atoms with Crippen LogP contribution >= 0.6 is 0 Å². The van der Waals surface area contributed by atoms with E-state index in [0.29, 0.717) is 30.6 Å². The molecule has 1 heterocycles. The third-order valence-electron chi connectivity index (χ3n) is 5.02. The zero-order valence-corrected chi connectivity index (χ0v) is 18.2. The molecule has 0 spiro atoms. The summed E-state index contributed by atoms with van der Waals surface area (Å²) >= 11 is 0. The first-order valence-electron chi connectivity index (χ1n) is 9.94. The molecule has 0 unspecified atom stereocenters. The van der Waals surface area contributed by atoms with Gasteiger partial charge in [-0.3, -0.25) is 18.8 Å². The molecular formula is C22H24N2O6S. The fraction of sp³-hybridized carbons (Fsp3) is 0.318. The lowest BCUT2D eigenvalue weighted by Gasteiger charge is -2.24. The molecule has 3 rings (SSSR count). The summed E-state index contributed by atoms with van der Waals surface area (Å²) in [5, 5.41) is 0. The van der Waals surface area contributed by atoms with Gasteiger partial charge in [-0.1, -0.05) is 24.3 Å². The van der Waals surface area contributed by atoms with Crippen LogP contribution in [0.2, 0.25) is 0 Å². The molecule has 2 aromatic carbocycles. The van der Waals surface area contributed by atoms with E-state index in [9.17, 15) is 22.8 Å². The number of nitrogens with zero attached hydrogens (tertiary/aromatic N) is 2. The molecule has 0 atom stereocenters. The van der Waals surface area contributed by atoms with Crippen LogP contribution in [0.25, 0.3) is 0 Å². The molecule has 9 heteroatoms. The highest BCUT2D eigenvalue weighted by Gasteiger charge is 2.29. The zero-order chi connectivity index (χ0) is 22.6. The van der Waals surface area contributed by atoms with Gasteiger partial charge in [0.2, 0.25) is 5.91 Å². The maximum absolute atomic E-state index is 13.3. The van der Waals surface area contributed by atoms with Crippen LogP contribution in [0.15, 0.2) is 53.4 Å². The van der Waals surface area contributed by atoms with Crippen LogP contribution < -0.4 is 4.31 Å². The predicted molar refractivity (Wildman–Crippen MR) is 114 cm³/mol. The van der Waals surface area contributed by atoms with Crippen LogP contribution in [0.4, 0.5) is 5.69 Å². The minimum atomic E-state index is -3.94. The van der Waals surface area contributed by atoms with E-state index in [1.54, 1.807) is 44.2 Å². The second-order valence-corrected chi connectivity index (χ2v) is 8.94. The second-order valence-electron chi connectivity index (χ2n) is 7.10. The summed E-state index contributed by atoms with van der Waals surface area (Å²) in [6.45, 7) is 3.31. The van der Waals surface area contributed by atoms with E-state index in [4.69, 9.17) is 4.74 Å². The molecule has 2 amide bonds. The van der Waals surface area contributed by atoms with Crippen molar-refractivity contribution in [2.75, 3.05) is 24.0 Å². The van der Waals surface area contributed by atoms with E-state index in [-0.39, 0.29) is 22.9 Å². The first kappa shape index (κ1) is 22.5. The Balaban J connectivity index is 1.81. The standard InChI is InChI=1S/C22H24N2O6S/c1-3-24(18-8-5-4-6-9-18)31(28,29)19-14-17(12-11-16(19)2)22(27)30-15-21(26)23-13-7-10-20(23)25/h4-6,8-9,11-12,14H,3,7,10,13,15H2,1-2H3. The van der Waals surface area contributed by atoms with Crippen molar-refractivity contribution >= 4 is 33.5 Å². The topological polar surface area (TPSA) is 101 Å². The quantitative estimate of drug-likeness (QED) is 0.608. The number of aryl methyl sites for hydroxylation is 1. The van der Waals surface area contributed by atoms with Gasteiger partial charge in [-0.15, -0.1) is 0 Å². The van der Waals surface area contributed by atoms with Crippen molar-refractivity contribution in [2.45, 2.75) is 31.6 Å². The molecule has 0 N–H and O–H groups in total. The number of carbonyl (C=O) groups excluding carboxylic acids is 3. The molecule has 1 saturated heterocycles. The Morgan fingerprint density at radius 2 is 1.84 bits per heavy atom. The first-order chi connectivity index (χ1) is 14.8. The Hall–Kier alpha value is -3.20. The second kappa shape index (κ2) is 9.30. The molecule has 31 heavy (non-hydrogen) atoms. The van der Waals surface area contributed by atoms with Crippen LogP contribution in [0.3, 0.4) is 0 Å². The lowest BCUT2D eigenvalue weighted by molar-refractivity contribution is -0.143. The Kier molecular flexibility index (Phi) is 6.74. The molecule has 0 radical (unpaired) electrons. The summed E-state index contributed by atoms with van der Waals surface area (Å²) < 4.78 is 32.9. The monoisotopic (exact) mass is 444 g/mol. The van der Waals surface area contributed by atoms with Crippen molar-refractivity contribution in [3.8, 4) is 0 Å². The van der Waals surface area contributed by atoms with Gasteiger partial charge < -0.3 is 4.74 Å². The largest absolute Gasteiger partial charge is 0.452 e. The van der Waals surface area contributed by atoms with Gasteiger partial charge in [0.05, 0.1) is 16.1 Å². The number of anilines is 1. The Morgan fingerprint density at radius 3 is 2.45 bits per heavy atom. The third-order valence-corrected chi connectivity index (χ3v) is 7.07. The van der Waals surface area contributed by atoms with Gasteiger partial charge in [-0.25, -0.2) is 13.2 Å². The van der Waals surface area contributed by atoms with Crippen LogP contribution in [-0.4, -0.2) is 50.8 Å². The number of esters is 1. The number of sulfonamides is 1. The summed E-state index contributed by atoms with van der Waals surface area (Å²) in [7, 11) is -3.94. The number of amides is 2. The number of para-hydroxylation sites is 1. The van der Waals surface area contributed by atoms with E-state index in [0.717, 1.165) is 4.90 Å². The van der Waals surface area contributed by atoms with Gasteiger partial charge >= 0.3 is 5.97 Å². The number of carbonyl (C=O) groups is 3. The molecule has 8 nitrogen and oxygen atoms in total. The smallest absolute Gasteiger partial charge is 0.338 e. The van der Waals surface area contributed by atoms with Gasteiger partial charge in [0.25, 0.3) is 15.9 Å². The van der Waals surface area contributed by atoms with Gasteiger partial charge in [0, 0.05) is 19.5 Å². The lowest BCUT2D eigenvalue weighted by atomic mass is 10.1. The minimum absolute atomic E-state index is 0.00818. The SMILES string of the molecule is CCN(c1ccccc1)S(=O)(=O)c1cc(C(=O)OCC(=O)N2CCCC2=O)ccc1C. The number of ether oxygens (including phenoxy) is 1. The maximum Gasteiger partial charge on any atom is 0.338 e. The van der Waals surface area contributed by atoms with Crippen molar-refractivity contribution in [3.63, 3.8) is 0 Å². The van der Waals surface area contributed by atoms with Crippen LogP contribution in [0, 0.1) is 6.92 Å². The Labute approximate surface area is 181 Å². The van der Waals surface area contributed by atoms with Crippen LogP contribution in [-0.2, 0) is 24.3 Å².